The van der Waals surface area contributed by atoms with Gasteiger partial charge in [0.1, 0.15) is 36.5 Å². The fourth-order valence-corrected chi connectivity index (χ4v) is 4.37. The smallest absolute Gasteiger partial charge is 0.327 e. The molecule has 2 amide bonds. The minimum absolute atomic E-state index is 0.0255. The number of carbonyl (C=O) groups is 3. The maximum atomic E-state index is 14.2. The Morgan fingerprint density at radius 2 is 1.81 bits per heavy atom. The number of hydrogen-bond acceptors (Lipinski definition) is 6. The van der Waals surface area contributed by atoms with Crippen molar-refractivity contribution in [2.24, 2.45) is 0 Å². The van der Waals surface area contributed by atoms with Crippen LogP contribution in [0, 0.1) is 11.6 Å². The number of amides is 2. The van der Waals surface area contributed by atoms with Gasteiger partial charge in [-0.05, 0) is 18.6 Å². The molecule has 0 saturated carbocycles. The molecule has 1 N–H and O–H groups in total. The molecule has 0 spiro atoms. The first-order chi connectivity index (χ1) is 20.1. The highest BCUT2D eigenvalue weighted by atomic mass is 19.1. The number of pyridine rings is 1. The molecule has 1 aliphatic rings. The van der Waals surface area contributed by atoms with E-state index >= 15 is 0 Å². The molecule has 0 aliphatic carbocycles. The average molecular weight is 581 g/mol. The summed E-state index contributed by atoms with van der Waals surface area (Å²) >= 11 is 0. The summed E-state index contributed by atoms with van der Waals surface area (Å²) in [4.78, 5) is 53.3. The Labute approximate surface area is 239 Å². The lowest BCUT2D eigenvalue weighted by Crippen LogP contribution is -2.60. The molecule has 2 atom stereocenters. The van der Waals surface area contributed by atoms with Crippen LogP contribution in [-0.2, 0) is 17.9 Å². The van der Waals surface area contributed by atoms with Crippen molar-refractivity contribution in [2.45, 2.75) is 32.2 Å². The quantitative estimate of drug-likeness (QED) is 0.275. The van der Waals surface area contributed by atoms with E-state index in [9.17, 15) is 32.3 Å². The summed E-state index contributed by atoms with van der Waals surface area (Å²) in [5, 5.41) is 3.90. The third-order valence-electron chi connectivity index (χ3n) is 6.71. The summed E-state index contributed by atoms with van der Waals surface area (Å²) in [6.07, 6.45) is 3.57. The van der Waals surface area contributed by atoms with E-state index in [2.05, 4.69) is 18.5 Å². The predicted molar refractivity (Wildman–Crippen MR) is 148 cm³/mol. The first kappa shape index (κ1) is 29.8. The third kappa shape index (κ3) is 5.97. The van der Waals surface area contributed by atoms with E-state index in [0.29, 0.717) is 11.6 Å². The van der Waals surface area contributed by atoms with Crippen LogP contribution in [0.1, 0.15) is 38.9 Å². The highest BCUT2D eigenvalue weighted by Gasteiger charge is 2.40. The molecule has 4 rings (SSSR count). The molecule has 12 heteroatoms. The maximum Gasteiger partial charge on any atom is 0.327 e. The zero-order chi connectivity index (χ0) is 30.6. The summed E-state index contributed by atoms with van der Waals surface area (Å²) < 4.78 is 48.5. The van der Waals surface area contributed by atoms with E-state index in [1.807, 2.05) is 0 Å². The van der Waals surface area contributed by atoms with E-state index in [4.69, 9.17) is 4.74 Å². The number of carbonyl (C=O) groups excluding carboxylic acids is 3. The van der Waals surface area contributed by atoms with Crippen LogP contribution in [0.2, 0.25) is 0 Å². The second-order valence-corrected chi connectivity index (χ2v) is 9.40. The van der Waals surface area contributed by atoms with Crippen molar-refractivity contribution in [3.63, 3.8) is 0 Å². The predicted octanol–water partition coefficient (Wildman–Crippen LogP) is 3.61. The van der Waals surface area contributed by atoms with Crippen LogP contribution in [0.5, 0.6) is 5.75 Å². The second-order valence-electron chi connectivity index (χ2n) is 9.40. The van der Waals surface area contributed by atoms with E-state index in [-0.39, 0.29) is 31.1 Å². The van der Waals surface area contributed by atoms with Crippen LogP contribution >= 0.6 is 0 Å². The molecule has 0 radical (unpaired) electrons. The molecule has 2 heterocycles. The molecule has 0 saturated heterocycles. The van der Waals surface area contributed by atoms with Crippen molar-refractivity contribution >= 4 is 17.9 Å². The van der Waals surface area contributed by atoms with Crippen LogP contribution in [0.3, 0.4) is 0 Å². The van der Waals surface area contributed by atoms with Gasteiger partial charge in [-0.1, -0.05) is 48.6 Å². The Morgan fingerprint density at radius 3 is 2.43 bits per heavy atom. The van der Waals surface area contributed by atoms with Crippen LogP contribution in [0.15, 0.2) is 84.8 Å². The van der Waals surface area contributed by atoms with Gasteiger partial charge in [0.15, 0.2) is 11.4 Å². The number of hydrogen-bond donors (Lipinski definition) is 1. The van der Waals surface area contributed by atoms with E-state index in [1.54, 1.807) is 37.3 Å². The van der Waals surface area contributed by atoms with E-state index in [1.165, 1.54) is 15.8 Å². The van der Waals surface area contributed by atoms with Crippen molar-refractivity contribution in [1.29, 1.82) is 0 Å². The summed E-state index contributed by atoms with van der Waals surface area (Å²) in [6.45, 7) is 8.01. The Bertz CT molecular complexity index is 1610. The topological polar surface area (TPSA) is 101 Å². The zero-order valence-electron chi connectivity index (χ0n) is 22.6. The molecule has 2 aromatic carbocycles. The third-order valence-corrected chi connectivity index (χ3v) is 6.71. The Balaban J connectivity index is 1.84. The van der Waals surface area contributed by atoms with Gasteiger partial charge in [0, 0.05) is 24.4 Å². The molecule has 1 aliphatic heterocycles. The summed E-state index contributed by atoms with van der Waals surface area (Å²) in [6, 6.07) is 7.47. The SMILES string of the molecule is C=CC(C)N1CN([C@@H](C=C)C(=O)F)C(=O)c2c(OCc3ccccc3)c(=O)c(C(=O)NCc3ccc(F)cc3F)cn21. The molecule has 3 aromatic rings. The summed E-state index contributed by atoms with van der Waals surface area (Å²) in [7, 11) is 0. The van der Waals surface area contributed by atoms with Gasteiger partial charge in [-0.3, -0.25) is 28.9 Å². The van der Waals surface area contributed by atoms with Gasteiger partial charge in [0.05, 0.1) is 6.04 Å². The fraction of sp³-hybridized carbons (Fsp3) is 0.200. The Morgan fingerprint density at radius 1 is 1.10 bits per heavy atom. The molecule has 1 aromatic heterocycles. The fourth-order valence-electron chi connectivity index (χ4n) is 4.37. The first-order valence-corrected chi connectivity index (χ1v) is 12.8. The van der Waals surface area contributed by atoms with Crippen molar-refractivity contribution in [2.75, 3.05) is 11.7 Å². The van der Waals surface area contributed by atoms with Crippen molar-refractivity contribution in [1.82, 2.24) is 14.9 Å². The Kier molecular flexibility index (Phi) is 8.94. The summed E-state index contributed by atoms with van der Waals surface area (Å²) in [5.74, 6) is -4.05. The number of fused-ring (bicyclic) bond motifs is 1. The molecule has 42 heavy (non-hydrogen) atoms. The van der Waals surface area contributed by atoms with Crippen molar-refractivity contribution < 1.29 is 32.3 Å². The van der Waals surface area contributed by atoms with Gasteiger partial charge in [-0.15, -0.1) is 13.2 Å². The van der Waals surface area contributed by atoms with Crippen molar-refractivity contribution in [3.8, 4) is 5.75 Å². The number of benzene rings is 2. The lowest BCUT2D eigenvalue weighted by atomic mass is 10.1. The molecule has 0 fully saturated rings. The standard InChI is InChI=1S/C30H27F3N4O5/c1-4-18(3)37-17-35(24(5-2)28(33)39)30(41)25-27(42-16-19-9-7-6-8-10-19)26(38)22(15-36(25)37)29(40)34-14-20-11-12-21(31)13-23(20)32/h4-13,15,18,24H,1-2,14,16-17H2,3H3,(H,34,40)/t18?,24-/m0/s1. The lowest BCUT2D eigenvalue weighted by Gasteiger charge is -2.43. The van der Waals surface area contributed by atoms with Gasteiger partial charge in [-0.2, -0.15) is 4.39 Å². The average Bonchev–Trinajstić information content (AvgIpc) is 2.97. The maximum absolute atomic E-state index is 14.2. The number of aromatic nitrogens is 1. The number of nitrogens with one attached hydrogen (secondary N) is 1. The van der Waals surface area contributed by atoms with Gasteiger partial charge < -0.3 is 15.0 Å². The van der Waals surface area contributed by atoms with Gasteiger partial charge in [0.25, 0.3) is 11.8 Å². The zero-order valence-corrected chi connectivity index (χ0v) is 22.6. The normalized spacial score (nSPS) is 14.0. The van der Waals surface area contributed by atoms with Gasteiger partial charge in [-0.25, -0.2) is 8.78 Å². The van der Waals surface area contributed by atoms with Crippen LogP contribution in [0.25, 0.3) is 0 Å². The largest absolute Gasteiger partial charge is 0.482 e. The van der Waals surface area contributed by atoms with Crippen LogP contribution in [0.4, 0.5) is 13.2 Å². The molecular weight excluding hydrogens is 553 g/mol. The number of ether oxygens (including phenoxy) is 1. The highest BCUT2D eigenvalue weighted by molar-refractivity contribution is 6.01. The molecule has 218 valence electrons. The monoisotopic (exact) mass is 580 g/mol. The molecule has 9 nitrogen and oxygen atoms in total. The first-order valence-electron chi connectivity index (χ1n) is 12.8. The Hall–Kier alpha value is -5.13. The minimum Gasteiger partial charge on any atom is -0.482 e. The van der Waals surface area contributed by atoms with Gasteiger partial charge in [0.2, 0.25) is 5.43 Å². The molecule has 1 unspecified atom stereocenters. The van der Waals surface area contributed by atoms with Gasteiger partial charge >= 0.3 is 6.04 Å². The lowest BCUT2D eigenvalue weighted by molar-refractivity contribution is -0.132. The van der Waals surface area contributed by atoms with Crippen LogP contribution < -0.4 is 20.5 Å². The summed E-state index contributed by atoms with van der Waals surface area (Å²) in [5.41, 5.74) is -1.17. The second kappa shape index (κ2) is 12.6. The number of nitrogens with zero attached hydrogens (tertiary/aromatic N) is 3. The number of halogens is 3. The number of rotatable bonds is 11. The molecule has 0 bridgehead atoms. The van der Waals surface area contributed by atoms with Crippen molar-refractivity contribution in [3.05, 3.63) is 124 Å². The van der Waals surface area contributed by atoms with E-state index < -0.39 is 58.3 Å². The molecular formula is C30H27F3N4O5. The minimum atomic E-state index is -1.84. The van der Waals surface area contributed by atoms with E-state index in [0.717, 1.165) is 29.3 Å². The highest BCUT2D eigenvalue weighted by Crippen LogP contribution is 2.26. The van der Waals surface area contributed by atoms with Crippen LogP contribution in [-0.4, -0.2) is 46.2 Å².